The number of ether oxygens (including phenoxy) is 2. The molecule has 0 radical (unpaired) electrons. The number of carbonyl (C=O) groups excluding carboxylic acids is 1. The molecule has 4 nitrogen and oxygen atoms in total. The molecule has 1 N–H and O–H groups in total. The van der Waals surface area contributed by atoms with Gasteiger partial charge in [-0.3, -0.25) is 0 Å². The van der Waals surface area contributed by atoms with Crippen molar-refractivity contribution in [1.82, 2.24) is 5.32 Å². The number of amides is 1. The molecule has 0 atom stereocenters. The molecule has 1 aromatic rings. The zero-order valence-electron chi connectivity index (χ0n) is 8.95. The maximum Gasteiger partial charge on any atom is 0.407 e. The van der Waals surface area contributed by atoms with Crippen molar-refractivity contribution in [1.29, 1.82) is 0 Å². The maximum atomic E-state index is 10.8. The molecule has 0 bridgehead atoms. The third-order valence-electron chi connectivity index (χ3n) is 1.86. The van der Waals surface area contributed by atoms with E-state index in [-0.39, 0.29) is 0 Å². The van der Waals surface area contributed by atoms with Crippen LogP contribution in [0.2, 0.25) is 0 Å². The van der Waals surface area contributed by atoms with E-state index in [2.05, 4.69) is 10.1 Å². The molecule has 0 aliphatic rings. The third-order valence-corrected chi connectivity index (χ3v) is 1.86. The van der Waals surface area contributed by atoms with Crippen molar-refractivity contribution in [2.75, 3.05) is 13.7 Å². The molecule has 82 valence electrons. The quantitative estimate of drug-likeness (QED) is 0.824. The summed E-state index contributed by atoms with van der Waals surface area (Å²) in [6.45, 7) is 3.05. The van der Waals surface area contributed by atoms with E-state index in [0.29, 0.717) is 13.2 Å². The van der Waals surface area contributed by atoms with E-state index in [9.17, 15) is 4.79 Å². The molecule has 0 saturated carbocycles. The van der Waals surface area contributed by atoms with Gasteiger partial charge in [0.1, 0.15) is 5.75 Å². The summed E-state index contributed by atoms with van der Waals surface area (Å²) >= 11 is 0. The Hall–Kier alpha value is -1.71. The van der Waals surface area contributed by atoms with Crippen LogP contribution in [0, 0.1) is 0 Å². The first-order valence-corrected chi connectivity index (χ1v) is 4.79. The fourth-order valence-corrected chi connectivity index (χ4v) is 1.12. The maximum absolute atomic E-state index is 10.8. The number of methoxy groups -OCH3 is 1. The fraction of sp³-hybridized carbons (Fsp3) is 0.364. The summed E-state index contributed by atoms with van der Waals surface area (Å²) in [5, 5.41) is 2.60. The largest absolute Gasteiger partial charge is 0.494 e. The average Bonchev–Trinajstić information content (AvgIpc) is 2.28. The lowest BCUT2D eigenvalue weighted by Crippen LogP contribution is -2.22. The van der Waals surface area contributed by atoms with Gasteiger partial charge in [0, 0.05) is 6.54 Å². The van der Waals surface area contributed by atoms with Gasteiger partial charge in [-0.1, -0.05) is 12.1 Å². The molecule has 1 aromatic carbocycles. The number of rotatable bonds is 4. The summed E-state index contributed by atoms with van der Waals surface area (Å²) in [7, 11) is 1.34. The van der Waals surface area contributed by atoms with Crippen molar-refractivity contribution in [2.24, 2.45) is 0 Å². The highest BCUT2D eigenvalue weighted by atomic mass is 16.5. The highest BCUT2D eigenvalue weighted by molar-refractivity contribution is 5.66. The zero-order valence-corrected chi connectivity index (χ0v) is 8.95. The molecule has 0 spiro atoms. The van der Waals surface area contributed by atoms with Crippen LogP contribution in [0.4, 0.5) is 4.79 Å². The first-order chi connectivity index (χ1) is 7.26. The number of benzene rings is 1. The molecule has 0 fully saturated rings. The summed E-state index contributed by atoms with van der Waals surface area (Å²) in [5.41, 5.74) is 1.00. The van der Waals surface area contributed by atoms with E-state index in [0.717, 1.165) is 11.3 Å². The normalized spacial score (nSPS) is 9.47. The second kappa shape index (κ2) is 5.90. The summed E-state index contributed by atoms with van der Waals surface area (Å²) in [6.07, 6.45) is -0.427. The molecule has 1 rings (SSSR count). The van der Waals surface area contributed by atoms with Gasteiger partial charge in [-0.15, -0.1) is 0 Å². The van der Waals surface area contributed by atoms with Gasteiger partial charge in [0.05, 0.1) is 13.7 Å². The van der Waals surface area contributed by atoms with Crippen molar-refractivity contribution in [2.45, 2.75) is 13.5 Å². The van der Waals surface area contributed by atoms with E-state index < -0.39 is 6.09 Å². The van der Waals surface area contributed by atoms with Crippen LogP contribution in [0.25, 0.3) is 0 Å². The lowest BCUT2D eigenvalue weighted by atomic mass is 10.2. The number of alkyl carbamates (subject to hydrolysis) is 1. The second-order valence-corrected chi connectivity index (χ2v) is 2.92. The SMILES string of the molecule is CCOc1ccc(CNC(=O)OC)cc1. The molecule has 0 unspecified atom stereocenters. The van der Waals surface area contributed by atoms with Gasteiger partial charge in [-0.25, -0.2) is 4.79 Å². The Kier molecular flexibility index (Phi) is 4.47. The van der Waals surface area contributed by atoms with Crippen LogP contribution >= 0.6 is 0 Å². The van der Waals surface area contributed by atoms with Gasteiger partial charge in [-0.05, 0) is 24.6 Å². The molecular formula is C11H15NO3. The second-order valence-electron chi connectivity index (χ2n) is 2.92. The topological polar surface area (TPSA) is 47.6 Å². The van der Waals surface area contributed by atoms with Crippen LogP contribution < -0.4 is 10.1 Å². The smallest absolute Gasteiger partial charge is 0.407 e. The Bertz CT molecular complexity index is 308. The lowest BCUT2D eigenvalue weighted by molar-refractivity contribution is 0.170. The first kappa shape index (κ1) is 11.4. The Morgan fingerprint density at radius 1 is 1.33 bits per heavy atom. The number of carbonyl (C=O) groups is 1. The average molecular weight is 209 g/mol. The van der Waals surface area contributed by atoms with Gasteiger partial charge in [0.25, 0.3) is 0 Å². The van der Waals surface area contributed by atoms with Crippen LogP contribution in [0.1, 0.15) is 12.5 Å². The minimum atomic E-state index is -0.427. The molecule has 0 aliphatic carbocycles. The lowest BCUT2D eigenvalue weighted by Gasteiger charge is -2.05. The highest BCUT2D eigenvalue weighted by Gasteiger charge is 1.99. The van der Waals surface area contributed by atoms with Gasteiger partial charge in [-0.2, -0.15) is 0 Å². The minimum Gasteiger partial charge on any atom is -0.494 e. The Labute approximate surface area is 89.2 Å². The monoisotopic (exact) mass is 209 g/mol. The van der Waals surface area contributed by atoms with Crippen molar-refractivity contribution in [3.05, 3.63) is 29.8 Å². The molecule has 4 heteroatoms. The number of hydrogen-bond donors (Lipinski definition) is 1. The van der Waals surface area contributed by atoms with Gasteiger partial charge in [0.2, 0.25) is 0 Å². The molecular weight excluding hydrogens is 194 g/mol. The molecule has 0 saturated heterocycles. The van der Waals surface area contributed by atoms with Gasteiger partial charge in [0.15, 0.2) is 0 Å². The standard InChI is InChI=1S/C11H15NO3/c1-3-15-10-6-4-9(5-7-10)8-12-11(13)14-2/h4-7H,3,8H2,1-2H3,(H,12,13). The van der Waals surface area contributed by atoms with Crippen LogP contribution in [-0.2, 0) is 11.3 Å². The number of hydrogen-bond acceptors (Lipinski definition) is 3. The molecule has 0 aliphatic heterocycles. The first-order valence-electron chi connectivity index (χ1n) is 4.79. The van der Waals surface area contributed by atoms with Gasteiger partial charge < -0.3 is 14.8 Å². The Morgan fingerprint density at radius 3 is 2.53 bits per heavy atom. The van der Waals surface area contributed by atoms with Crippen molar-refractivity contribution in [3.63, 3.8) is 0 Å². The van der Waals surface area contributed by atoms with Crippen LogP contribution in [0.5, 0.6) is 5.75 Å². The van der Waals surface area contributed by atoms with Crippen LogP contribution in [-0.4, -0.2) is 19.8 Å². The predicted molar refractivity (Wildman–Crippen MR) is 56.9 cm³/mol. The van der Waals surface area contributed by atoms with Crippen molar-refractivity contribution in [3.8, 4) is 5.75 Å². The zero-order chi connectivity index (χ0) is 11.1. The number of nitrogens with one attached hydrogen (secondary N) is 1. The summed E-state index contributed by atoms with van der Waals surface area (Å²) in [5.74, 6) is 0.833. The predicted octanol–water partition coefficient (Wildman–Crippen LogP) is 1.94. The summed E-state index contributed by atoms with van der Waals surface area (Å²) < 4.78 is 9.76. The van der Waals surface area contributed by atoms with E-state index in [1.54, 1.807) is 0 Å². The summed E-state index contributed by atoms with van der Waals surface area (Å²) in [6, 6.07) is 7.55. The van der Waals surface area contributed by atoms with Crippen molar-refractivity contribution < 1.29 is 14.3 Å². The molecule has 0 heterocycles. The van der Waals surface area contributed by atoms with E-state index >= 15 is 0 Å². The van der Waals surface area contributed by atoms with E-state index in [4.69, 9.17) is 4.74 Å². The van der Waals surface area contributed by atoms with Crippen LogP contribution in [0.3, 0.4) is 0 Å². The van der Waals surface area contributed by atoms with Crippen LogP contribution in [0.15, 0.2) is 24.3 Å². The molecule has 15 heavy (non-hydrogen) atoms. The summed E-state index contributed by atoms with van der Waals surface area (Å²) in [4.78, 5) is 10.8. The van der Waals surface area contributed by atoms with Gasteiger partial charge >= 0.3 is 6.09 Å². The van der Waals surface area contributed by atoms with E-state index in [1.807, 2.05) is 31.2 Å². The van der Waals surface area contributed by atoms with E-state index in [1.165, 1.54) is 7.11 Å². The highest BCUT2D eigenvalue weighted by Crippen LogP contribution is 2.11. The Balaban J connectivity index is 2.45. The van der Waals surface area contributed by atoms with Crippen molar-refractivity contribution >= 4 is 6.09 Å². The third kappa shape index (κ3) is 3.89. The fourth-order valence-electron chi connectivity index (χ4n) is 1.12. The minimum absolute atomic E-state index is 0.427. The molecule has 1 amide bonds. The Morgan fingerprint density at radius 2 is 2.00 bits per heavy atom. The molecule has 0 aromatic heterocycles.